The van der Waals surface area contributed by atoms with Gasteiger partial charge in [-0.1, -0.05) is 74.0 Å². The van der Waals surface area contributed by atoms with Gasteiger partial charge in [-0.05, 0) is 68.7 Å². The van der Waals surface area contributed by atoms with Gasteiger partial charge in [-0.15, -0.1) is 0 Å². The lowest BCUT2D eigenvalue weighted by atomic mass is 9.78. The molecule has 0 fully saturated rings. The zero-order chi connectivity index (χ0) is 34.2. The molecule has 1 atom stereocenters. The monoisotopic (exact) mass is 700 g/mol. The topological polar surface area (TPSA) is 118 Å². The molecule has 5 rings (SSSR count). The van der Waals surface area contributed by atoms with Crippen molar-refractivity contribution in [3.8, 4) is 0 Å². The van der Waals surface area contributed by atoms with Crippen molar-refractivity contribution in [3.05, 3.63) is 94.1 Å². The quantitative estimate of drug-likeness (QED) is 0.187. The smallest absolute Gasteiger partial charge is 0.264 e. The van der Waals surface area contributed by atoms with Gasteiger partial charge in [0.1, 0.15) is 6.54 Å². The normalized spacial score (nSPS) is 21.6. The molecule has 0 radical (unpaired) electrons. The van der Waals surface area contributed by atoms with E-state index in [0.29, 0.717) is 19.5 Å². The molecule has 1 unspecified atom stereocenters. The fourth-order valence-electron chi connectivity index (χ4n) is 7.58. The van der Waals surface area contributed by atoms with Gasteiger partial charge in [0.05, 0.1) is 21.3 Å². The lowest BCUT2D eigenvalue weighted by Crippen LogP contribution is -2.42. The molecule has 0 aromatic heterocycles. The Hall–Kier alpha value is -2.76. The molecular weight excluding hydrogens is 656 g/mol. The molecule has 2 aromatic carbocycles. The van der Waals surface area contributed by atoms with Crippen LogP contribution in [0.25, 0.3) is 0 Å². The van der Waals surface area contributed by atoms with Crippen LogP contribution in [0.2, 0.25) is 0 Å². The summed E-state index contributed by atoms with van der Waals surface area (Å²) in [7, 11) is -8.34. The summed E-state index contributed by atoms with van der Waals surface area (Å²) in [5.41, 5.74) is 7.14. The van der Waals surface area contributed by atoms with Gasteiger partial charge in [-0.2, -0.15) is 13.0 Å². The largest absolute Gasteiger partial charge is 0.748 e. The molecule has 8 nitrogen and oxygen atoms in total. The van der Waals surface area contributed by atoms with Crippen LogP contribution in [0.5, 0.6) is 0 Å². The molecule has 2 heterocycles. The molecule has 254 valence electrons. The Labute approximate surface area is 285 Å². The van der Waals surface area contributed by atoms with Crippen LogP contribution >= 0.6 is 11.6 Å². The summed E-state index contributed by atoms with van der Waals surface area (Å²) in [5, 5.41) is 0.747. The van der Waals surface area contributed by atoms with E-state index < -0.39 is 26.0 Å². The highest BCUT2D eigenvalue weighted by Gasteiger charge is 2.45. The third-order valence-electron chi connectivity index (χ3n) is 9.98. The molecule has 1 aliphatic carbocycles. The number of allylic oxidation sites excluding steroid dienone is 5. The van der Waals surface area contributed by atoms with Gasteiger partial charge in [0.2, 0.25) is 5.69 Å². The van der Waals surface area contributed by atoms with Crippen molar-refractivity contribution in [1.29, 1.82) is 0 Å². The minimum atomic E-state index is -4.30. The van der Waals surface area contributed by atoms with Gasteiger partial charge < -0.3 is 9.45 Å². The maximum Gasteiger partial charge on any atom is 0.264 e. The highest BCUT2D eigenvalue weighted by molar-refractivity contribution is 7.85. The highest BCUT2D eigenvalue weighted by atomic mass is 35.5. The summed E-state index contributed by atoms with van der Waals surface area (Å²) in [6, 6.07) is 16.4. The number of hydrogen-bond acceptors (Lipinski definition) is 6. The van der Waals surface area contributed by atoms with Crippen molar-refractivity contribution in [2.45, 2.75) is 83.1 Å². The van der Waals surface area contributed by atoms with Crippen LogP contribution in [-0.4, -0.2) is 66.9 Å². The number of fused-ring (bicyclic) bond motifs is 2. The zero-order valence-corrected chi connectivity index (χ0v) is 30.0. The second-order valence-electron chi connectivity index (χ2n) is 13.9. The average Bonchev–Trinajstić information content (AvgIpc) is 3.33. The van der Waals surface area contributed by atoms with E-state index in [0.717, 1.165) is 64.5 Å². The summed E-state index contributed by atoms with van der Waals surface area (Å²) in [6.07, 6.45) is 10.4. The molecule has 0 amide bonds. The van der Waals surface area contributed by atoms with E-state index in [-0.39, 0.29) is 29.0 Å². The van der Waals surface area contributed by atoms with Crippen molar-refractivity contribution in [2.24, 2.45) is 0 Å². The van der Waals surface area contributed by atoms with Crippen LogP contribution < -0.4 is 4.90 Å². The van der Waals surface area contributed by atoms with Crippen LogP contribution in [0.1, 0.15) is 77.3 Å². The van der Waals surface area contributed by atoms with E-state index in [9.17, 15) is 25.9 Å². The van der Waals surface area contributed by atoms with E-state index in [1.807, 2.05) is 30.3 Å². The predicted octanol–water partition coefficient (Wildman–Crippen LogP) is 6.99. The second kappa shape index (κ2) is 13.6. The van der Waals surface area contributed by atoms with Crippen LogP contribution in [0.4, 0.5) is 11.4 Å². The lowest BCUT2D eigenvalue weighted by molar-refractivity contribution is -0.437. The Kier molecular flexibility index (Phi) is 10.3. The first-order chi connectivity index (χ1) is 22.0. The van der Waals surface area contributed by atoms with Crippen molar-refractivity contribution in [1.82, 2.24) is 0 Å². The van der Waals surface area contributed by atoms with Crippen LogP contribution in [0, 0.1) is 0 Å². The van der Waals surface area contributed by atoms with Crippen molar-refractivity contribution in [3.63, 3.8) is 0 Å². The molecule has 0 spiro atoms. The molecule has 0 bridgehead atoms. The maximum atomic E-state index is 11.5. The van der Waals surface area contributed by atoms with Crippen LogP contribution in [-0.2, 0) is 31.1 Å². The van der Waals surface area contributed by atoms with Gasteiger partial charge in [-0.25, -0.2) is 8.42 Å². The van der Waals surface area contributed by atoms with E-state index >= 15 is 0 Å². The van der Waals surface area contributed by atoms with Gasteiger partial charge in [0.25, 0.3) is 10.1 Å². The first kappa shape index (κ1) is 35.5. The van der Waals surface area contributed by atoms with Crippen molar-refractivity contribution < 1.29 is 30.5 Å². The Morgan fingerprint density at radius 1 is 0.957 bits per heavy atom. The van der Waals surface area contributed by atoms with E-state index in [1.165, 1.54) is 5.56 Å². The fourth-order valence-corrected chi connectivity index (χ4v) is 8.88. The third kappa shape index (κ3) is 7.78. The van der Waals surface area contributed by atoms with Gasteiger partial charge >= 0.3 is 0 Å². The fraction of sp³-hybridized carbons (Fsp3) is 0.472. The van der Waals surface area contributed by atoms with Gasteiger partial charge in [0, 0.05) is 58.6 Å². The Bertz CT molecular complexity index is 1870. The SMILES string of the molecule is CC1(C)C(/C=C/C2=C(Cl)C(=C/CC3N(CCCS(=O)(=O)O)c4ccccc4C3(C)C)/CCC2)=[N+](CCCS(=O)(=O)[O-])c2ccccc21. The first-order valence-electron chi connectivity index (χ1n) is 16.3. The summed E-state index contributed by atoms with van der Waals surface area (Å²) in [4.78, 5) is 2.28. The maximum absolute atomic E-state index is 11.5. The predicted molar refractivity (Wildman–Crippen MR) is 189 cm³/mol. The average molecular weight is 701 g/mol. The third-order valence-corrected chi connectivity index (χ3v) is 12.1. The molecule has 1 N–H and O–H groups in total. The number of halogens is 1. The second-order valence-corrected chi connectivity index (χ2v) is 17.3. The Morgan fingerprint density at radius 2 is 1.64 bits per heavy atom. The first-order valence-corrected chi connectivity index (χ1v) is 19.8. The number of rotatable bonds is 12. The van der Waals surface area contributed by atoms with E-state index in [4.69, 9.17) is 11.6 Å². The minimum absolute atomic E-state index is 0.0824. The Balaban J connectivity index is 1.42. The highest BCUT2D eigenvalue weighted by Crippen LogP contribution is 2.47. The Morgan fingerprint density at radius 3 is 2.34 bits per heavy atom. The van der Waals surface area contributed by atoms with Gasteiger partial charge in [0.15, 0.2) is 5.71 Å². The summed E-state index contributed by atoms with van der Waals surface area (Å²) in [5.74, 6) is -0.685. The summed E-state index contributed by atoms with van der Waals surface area (Å²) in [6.45, 7) is 9.68. The number of hydrogen-bond donors (Lipinski definition) is 1. The molecule has 2 aliphatic heterocycles. The van der Waals surface area contributed by atoms with Crippen molar-refractivity contribution in [2.75, 3.05) is 29.5 Å². The molecule has 0 saturated heterocycles. The van der Waals surface area contributed by atoms with E-state index in [1.54, 1.807) is 0 Å². The van der Waals surface area contributed by atoms with Crippen LogP contribution in [0.3, 0.4) is 0 Å². The minimum Gasteiger partial charge on any atom is -0.748 e. The van der Waals surface area contributed by atoms with Gasteiger partial charge in [-0.3, -0.25) is 4.55 Å². The standard InChI is InChI=1S/C36H45ClN2O6S2/c1-35(2)28-14-5-7-16-30(28)38(22-10-24-46(40,41)42)32(35)20-18-26-12-9-13-27(34(26)37)19-21-33-36(3,4)29-15-6-8-17-31(29)39(33)23-11-25-47(43,44)45/h5-8,14-20,33H,9-13,21-25H2,1-4H3,(H-,40,41,42,43,44,45)/b20-18+,27-19+. The number of para-hydroxylation sites is 2. The number of benzene rings is 2. The zero-order valence-electron chi connectivity index (χ0n) is 27.6. The lowest BCUT2D eigenvalue weighted by Gasteiger charge is -2.34. The molecule has 0 saturated carbocycles. The molecule has 2 aromatic rings. The number of anilines is 1. The summed E-state index contributed by atoms with van der Waals surface area (Å²) >= 11 is 7.11. The van der Waals surface area contributed by atoms with E-state index in [2.05, 4.69) is 73.6 Å². The molecular formula is C36H45ClN2O6S2. The number of nitrogens with zero attached hydrogens (tertiary/aromatic N) is 2. The summed E-state index contributed by atoms with van der Waals surface area (Å²) < 4.78 is 68.4. The molecule has 47 heavy (non-hydrogen) atoms. The molecule has 3 aliphatic rings. The molecule has 11 heteroatoms. The van der Waals surface area contributed by atoms with Crippen molar-refractivity contribution >= 4 is 48.9 Å². The van der Waals surface area contributed by atoms with Crippen LogP contribution in [0.15, 0.2) is 82.9 Å².